The summed E-state index contributed by atoms with van der Waals surface area (Å²) in [6.45, 7) is 3.53. The fraction of sp³-hybridized carbons (Fsp3) is 0.391. The van der Waals surface area contributed by atoms with Crippen molar-refractivity contribution < 1.29 is 30.3 Å². The summed E-state index contributed by atoms with van der Waals surface area (Å²) in [5, 5.41) is 7.32. The van der Waals surface area contributed by atoms with E-state index in [-0.39, 0.29) is 17.2 Å². The number of aromatic amines is 1. The van der Waals surface area contributed by atoms with E-state index in [0.717, 1.165) is 12.5 Å². The zero-order valence-electron chi connectivity index (χ0n) is 20.0. The lowest BCUT2D eigenvalue weighted by molar-refractivity contribution is -0.137. The van der Waals surface area contributed by atoms with Crippen LogP contribution in [0.15, 0.2) is 29.0 Å². The second-order valence-electron chi connectivity index (χ2n) is 8.97. The van der Waals surface area contributed by atoms with Crippen LogP contribution in [0.25, 0.3) is 33.5 Å². The number of halogens is 3. The number of nitrogens with one attached hydrogen (secondary N) is 2. The molecule has 0 unspecified atom stereocenters. The van der Waals surface area contributed by atoms with E-state index in [9.17, 15) is 21.6 Å². The molecule has 4 aromatic heterocycles. The number of pyridine rings is 1. The van der Waals surface area contributed by atoms with E-state index in [2.05, 4.69) is 30.4 Å². The van der Waals surface area contributed by atoms with Crippen molar-refractivity contribution in [2.45, 2.75) is 51.4 Å². The number of H-pyrrole nitrogens is 1. The van der Waals surface area contributed by atoms with E-state index in [0.29, 0.717) is 53.0 Å². The molecular formula is C23H23F3N6O4S. The molecule has 1 aliphatic rings. The third kappa shape index (κ3) is 5.03. The van der Waals surface area contributed by atoms with Crippen molar-refractivity contribution in [1.29, 1.82) is 0 Å². The van der Waals surface area contributed by atoms with Crippen molar-refractivity contribution in [1.82, 2.24) is 25.1 Å². The fourth-order valence-electron chi connectivity index (χ4n) is 4.65. The fourth-order valence-corrected chi connectivity index (χ4v) is 5.33. The largest absolute Gasteiger partial charge is 0.419 e. The SMILES string of the molecule is Cc1noc(C)c1-c1ccc2c(-c3nc(N[C@H]4CCC[C@H]4OS(C)(=O)=O)ncc3C(F)(F)F)c[nH]c2n1. The number of aromatic nitrogens is 5. The van der Waals surface area contributed by atoms with E-state index >= 15 is 0 Å². The van der Waals surface area contributed by atoms with E-state index < -0.39 is 34.0 Å². The average Bonchev–Trinajstić information content (AvgIpc) is 3.50. The zero-order chi connectivity index (χ0) is 26.5. The normalized spacial score (nSPS) is 18.5. The Hall–Kier alpha value is -3.52. The smallest absolute Gasteiger partial charge is 0.361 e. The minimum atomic E-state index is -4.71. The molecule has 5 rings (SSSR count). The van der Waals surface area contributed by atoms with Crippen LogP contribution in [0.1, 0.15) is 36.3 Å². The third-order valence-corrected chi connectivity index (χ3v) is 6.84. The van der Waals surface area contributed by atoms with Crippen LogP contribution >= 0.6 is 0 Å². The summed E-state index contributed by atoms with van der Waals surface area (Å²) < 4.78 is 75.3. The van der Waals surface area contributed by atoms with Gasteiger partial charge in [0.05, 0.1) is 41.0 Å². The highest BCUT2D eigenvalue weighted by atomic mass is 32.2. The van der Waals surface area contributed by atoms with Crippen molar-refractivity contribution in [2.24, 2.45) is 0 Å². The van der Waals surface area contributed by atoms with E-state index in [1.54, 1.807) is 26.0 Å². The second-order valence-corrected chi connectivity index (χ2v) is 10.6. The number of aryl methyl sites for hydroxylation is 2. The lowest BCUT2D eigenvalue weighted by atomic mass is 10.1. The van der Waals surface area contributed by atoms with Gasteiger partial charge in [-0.05, 0) is 45.2 Å². The molecule has 0 bridgehead atoms. The van der Waals surface area contributed by atoms with Gasteiger partial charge in [-0.2, -0.15) is 21.6 Å². The van der Waals surface area contributed by atoms with E-state index in [4.69, 9.17) is 8.71 Å². The quantitative estimate of drug-likeness (QED) is 0.338. The van der Waals surface area contributed by atoms with Crippen LogP contribution in [-0.4, -0.2) is 51.9 Å². The molecule has 4 heterocycles. The first-order valence-electron chi connectivity index (χ1n) is 11.4. The van der Waals surface area contributed by atoms with Crippen molar-refractivity contribution >= 4 is 27.1 Å². The Morgan fingerprint density at radius 1 is 1.19 bits per heavy atom. The molecule has 0 aromatic carbocycles. The highest BCUT2D eigenvalue weighted by molar-refractivity contribution is 7.86. The van der Waals surface area contributed by atoms with Crippen LogP contribution < -0.4 is 5.32 Å². The van der Waals surface area contributed by atoms with Gasteiger partial charge in [0.15, 0.2) is 0 Å². The Kier molecular flexibility index (Phi) is 6.18. The summed E-state index contributed by atoms with van der Waals surface area (Å²) in [7, 11) is -3.70. The summed E-state index contributed by atoms with van der Waals surface area (Å²) in [6, 6.07) is 2.88. The zero-order valence-corrected chi connectivity index (χ0v) is 20.9. The first kappa shape index (κ1) is 25.1. The Morgan fingerprint density at radius 3 is 2.65 bits per heavy atom. The predicted molar refractivity (Wildman–Crippen MR) is 128 cm³/mol. The van der Waals surface area contributed by atoms with Crippen LogP contribution in [0.2, 0.25) is 0 Å². The van der Waals surface area contributed by atoms with Crippen LogP contribution in [0.5, 0.6) is 0 Å². The maximum atomic E-state index is 13.9. The van der Waals surface area contributed by atoms with Crippen LogP contribution in [0.4, 0.5) is 19.1 Å². The molecule has 37 heavy (non-hydrogen) atoms. The molecule has 10 nitrogen and oxygen atoms in total. The highest BCUT2D eigenvalue weighted by Crippen LogP contribution is 2.39. The summed E-state index contributed by atoms with van der Waals surface area (Å²) >= 11 is 0. The lowest BCUT2D eigenvalue weighted by Gasteiger charge is -2.21. The first-order chi connectivity index (χ1) is 17.4. The maximum Gasteiger partial charge on any atom is 0.419 e. The summed E-state index contributed by atoms with van der Waals surface area (Å²) in [5.41, 5.74) is 1.14. The van der Waals surface area contributed by atoms with Gasteiger partial charge in [-0.3, -0.25) is 4.18 Å². The minimum Gasteiger partial charge on any atom is -0.361 e. The predicted octanol–water partition coefficient (Wildman–Crippen LogP) is 4.62. The third-order valence-electron chi connectivity index (χ3n) is 6.24. The topological polar surface area (TPSA) is 136 Å². The second kappa shape index (κ2) is 9.10. The Balaban J connectivity index is 1.54. The van der Waals surface area contributed by atoms with Crippen LogP contribution in [0, 0.1) is 13.8 Å². The number of rotatable bonds is 6. The number of anilines is 1. The van der Waals surface area contributed by atoms with Crippen LogP contribution in [-0.2, 0) is 20.5 Å². The molecule has 196 valence electrons. The lowest BCUT2D eigenvalue weighted by Crippen LogP contribution is -2.33. The molecule has 0 spiro atoms. The average molecular weight is 537 g/mol. The molecule has 1 saturated carbocycles. The molecule has 0 amide bonds. The number of hydrogen-bond donors (Lipinski definition) is 2. The summed E-state index contributed by atoms with van der Waals surface area (Å²) in [5.74, 6) is 0.513. The van der Waals surface area contributed by atoms with E-state index in [1.807, 2.05) is 0 Å². The Bertz CT molecular complexity index is 1560. The Labute approximate surface area is 209 Å². The molecule has 0 radical (unpaired) electrons. The number of hydrogen-bond acceptors (Lipinski definition) is 9. The summed E-state index contributed by atoms with van der Waals surface area (Å²) in [6.07, 6.45) is -0.551. The molecule has 2 atom stereocenters. The standard InChI is InChI=1S/C23H23F3N6O4S/c1-11-19(12(2)35-32-11)17-8-7-13-14(9-27-21(13)29-17)20-15(23(24,25)26)10-28-22(31-20)30-16-5-4-6-18(16)36-37(3,33)34/h7-10,16,18H,4-6H2,1-3H3,(H,27,29)(H,28,30,31)/t16-,18+/m0/s1. The van der Waals surface area contributed by atoms with Gasteiger partial charge in [-0.15, -0.1) is 0 Å². The van der Waals surface area contributed by atoms with Gasteiger partial charge in [0.2, 0.25) is 5.95 Å². The first-order valence-corrected chi connectivity index (χ1v) is 13.2. The van der Waals surface area contributed by atoms with E-state index in [1.165, 1.54) is 6.20 Å². The van der Waals surface area contributed by atoms with Gasteiger partial charge in [0.1, 0.15) is 17.0 Å². The molecule has 2 N–H and O–H groups in total. The van der Waals surface area contributed by atoms with Gasteiger partial charge in [0, 0.05) is 23.3 Å². The summed E-state index contributed by atoms with van der Waals surface area (Å²) in [4.78, 5) is 15.6. The van der Waals surface area contributed by atoms with Crippen molar-refractivity contribution in [3.05, 3.63) is 41.5 Å². The minimum absolute atomic E-state index is 0.0633. The highest BCUT2D eigenvalue weighted by Gasteiger charge is 2.37. The molecular weight excluding hydrogens is 513 g/mol. The molecule has 14 heteroatoms. The number of alkyl halides is 3. The van der Waals surface area contributed by atoms with Gasteiger partial charge >= 0.3 is 6.18 Å². The molecule has 4 aromatic rings. The van der Waals surface area contributed by atoms with Gasteiger partial charge in [-0.1, -0.05) is 5.16 Å². The van der Waals surface area contributed by atoms with Crippen LogP contribution in [0.3, 0.4) is 0 Å². The maximum absolute atomic E-state index is 13.9. The monoisotopic (exact) mass is 536 g/mol. The molecule has 1 fully saturated rings. The number of nitrogens with zero attached hydrogens (tertiary/aromatic N) is 4. The van der Waals surface area contributed by atoms with Crippen molar-refractivity contribution in [2.75, 3.05) is 11.6 Å². The van der Waals surface area contributed by atoms with Gasteiger partial charge < -0.3 is 14.8 Å². The Morgan fingerprint density at radius 2 is 1.97 bits per heavy atom. The van der Waals surface area contributed by atoms with Gasteiger partial charge in [0.25, 0.3) is 10.1 Å². The molecule has 0 aliphatic heterocycles. The van der Waals surface area contributed by atoms with Crippen molar-refractivity contribution in [3.63, 3.8) is 0 Å². The molecule has 1 aliphatic carbocycles. The molecule has 0 saturated heterocycles. The van der Waals surface area contributed by atoms with Gasteiger partial charge in [-0.25, -0.2) is 15.0 Å². The van der Waals surface area contributed by atoms with Crippen molar-refractivity contribution in [3.8, 4) is 22.5 Å². The number of fused-ring (bicyclic) bond motifs is 1.